The van der Waals surface area contributed by atoms with E-state index in [0.717, 1.165) is 46.0 Å². The molecule has 1 aliphatic rings. The Hall–Kier alpha value is -3.04. The number of para-hydroxylation sites is 2. The van der Waals surface area contributed by atoms with Crippen molar-refractivity contribution in [3.8, 4) is 22.5 Å². The van der Waals surface area contributed by atoms with Crippen molar-refractivity contribution in [3.05, 3.63) is 84.4 Å². The van der Waals surface area contributed by atoms with Crippen LogP contribution in [0.5, 0.6) is 0 Å². The molecule has 3 heteroatoms. The number of aromatic nitrogens is 2. The van der Waals surface area contributed by atoms with Gasteiger partial charge >= 0.3 is 0 Å². The van der Waals surface area contributed by atoms with E-state index in [1.165, 1.54) is 31.5 Å². The lowest BCUT2D eigenvalue weighted by atomic mass is 9.98. The van der Waals surface area contributed by atoms with Crippen molar-refractivity contribution < 1.29 is 0 Å². The molecule has 150 valence electrons. The van der Waals surface area contributed by atoms with E-state index in [4.69, 9.17) is 9.97 Å². The molecule has 0 atom stereocenters. The van der Waals surface area contributed by atoms with Crippen molar-refractivity contribution in [2.75, 3.05) is 13.1 Å². The van der Waals surface area contributed by atoms with Gasteiger partial charge in [0.15, 0.2) is 0 Å². The van der Waals surface area contributed by atoms with Crippen LogP contribution in [-0.4, -0.2) is 28.0 Å². The van der Waals surface area contributed by atoms with Crippen molar-refractivity contribution in [1.82, 2.24) is 14.9 Å². The van der Waals surface area contributed by atoms with Gasteiger partial charge in [-0.3, -0.25) is 4.90 Å². The normalized spacial score (nSPS) is 15.5. The van der Waals surface area contributed by atoms with Gasteiger partial charge in [-0.15, -0.1) is 0 Å². The summed E-state index contributed by atoms with van der Waals surface area (Å²) >= 11 is 0. The van der Waals surface area contributed by atoms with Crippen LogP contribution in [0.4, 0.5) is 0 Å². The van der Waals surface area contributed by atoms with Gasteiger partial charge in [0.05, 0.1) is 22.4 Å². The third-order valence-electron chi connectivity index (χ3n) is 6.13. The summed E-state index contributed by atoms with van der Waals surface area (Å²) in [6.07, 6.45) is 2.62. The molecule has 3 nitrogen and oxygen atoms in total. The summed E-state index contributed by atoms with van der Waals surface area (Å²) in [6.45, 7) is 5.80. The van der Waals surface area contributed by atoms with Crippen LogP contribution < -0.4 is 0 Å². The van der Waals surface area contributed by atoms with E-state index in [1.807, 2.05) is 30.3 Å². The molecule has 1 aliphatic heterocycles. The molecule has 0 N–H and O–H groups in total. The summed E-state index contributed by atoms with van der Waals surface area (Å²) in [5, 5.41) is 0. The standard InChI is InChI=1S/C27H27N3/c1-20-15-17-30(18-16-20)19-21-11-13-23(14-12-21)27-26(22-7-3-2-4-8-22)28-24-9-5-6-10-25(24)29-27/h2-14,20H,15-19H2,1H3. The Balaban J connectivity index is 1.49. The number of benzene rings is 3. The Morgan fingerprint density at radius 3 is 1.83 bits per heavy atom. The second-order valence-corrected chi connectivity index (χ2v) is 8.43. The monoisotopic (exact) mass is 393 g/mol. The van der Waals surface area contributed by atoms with E-state index in [0.29, 0.717) is 0 Å². The highest BCUT2D eigenvalue weighted by Gasteiger charge is 2.16. The molecule has 0 aliphatic carbocycles. The zero-order chi connectivity index (χ0) is 20.3. The van der Waals surface area contributed by atoms with Crippen LogP contribution in [0.15, 0.2) is 78.9 Å². The van der Waals surface area contributed by atoms with E-state index < -0.39 is 0 Å². The number of nitrogens with zero attached hydrogens (tertiary/aromatic N) is 3. The second kappa shape index (κ2) is 8.37. The SMILES string of the molecule is CC1CCN(Cc2ccc(-c3nc4ccccc4nc3-c3ccccc3)cc2)CC1. The molecule has 1 aromatic heterocycles. The summed E-state index contributed by atoms with van der Waals surface area (Å²) in [6, 6.07) is 27.4. The number of hydrogen-bond donors (Lipinski definition) is 0. The van der Waals surface area contributed by atoms with E-state index in [2.05, 4.69) is 60.4 Å². The number of likely N-dealkylation sites (tertiary alicyclic amines) is 1. The quantitative estimate of drug-likeness (QED) is 0.414. The van der Waals surface area contributed by atoms with Gasteiger partial charge in [-0.25, -0.2) is 9.97 Å². The van der Waals surface area contributed by atoms with Crippen LogP contribution in [0.2, 0.25) is 0 Å². The van der Waals surface area contributed by atoms with Gasteiger partial charge < -0.3 is 0 Å². The molecule has 0 amide bonds. The average molecular weight is 394 g/mol. The maximum Gasteiger partial charge on any atom is 0.0973 e. The average Bonchev–Trinajstić information content (AvgIpc) is 2.81. The molecular weight excluding hydrogens is 366 g/mol. The van der Waals surface area contributed by atoms with E-state index in [1.54, 1.807) is 0 Å². The minimum Gasteiger partial charge on any atom is -0.299 e. The molecule has 4 aromatic rings. The Kier molecular flexibility index (Phi) is 5.29. The first kappa shape index (κ1) is 19.0. The van der Waals surface area contributed by atoms with Crippen molar-refractivity contribution in [1.29, 1.82) is 0 Å². The zero-order valence-electron chi connectivity index (χ0n) is 17.5. The van der Waals surface area contributed by atoms with E-state index in [-0.39, 0.29) is 0 Å². The third-order valence-corrected chi connectivity index (χ3v) is 6.13. The van der Waals surface area contributed by atoms with Gasteiger partial charge in [0.25, 0.3) is 0 Å². The molecule has 30 heavy (non-hydrogen) atoms. The molecule has 1 fully saturated rings. The molecule has 0 saturated carbocycles. The number of rotatable bonds is 4. The molecule has 1 saturated heterocycles. The molecule has 0 unspecified atom stereocenters. The lowest BCUT2D eigenvalue weighted by molar-refractivity contribution is 0.185. The van der Waals surface area contributed by atoms with Crippen LogP contribution >= 0.6 is 0 Å². The molecule has 5 rings (SSSR count). The van der Waals surface area contributed by atoms with Crippen molar-refractivity contribution >= 4 is 11.0 Å². The van der Waals surface area contributed by atoms with Crippen LogP contribution in [0.25, 0.3) is 33.5 Å². The smallest absolute Gasteiger partial charge is 0.0973 e. The third kappa shape index (κ3) is 3.99. The Labute approximate surface area is 178 Å². The summed E-state index contributed by atoms with van der Waals surface area (Å²) in [5.41, 5.74) is 7.31. The highest BCUT2D eigenvalue weighted by Crippen LogP contribution is 2.31. The number of fused-ring (bicyclic) bond motifs is 1. The fraction of sp³-hybridized carbons (Fsp3) is 0.259. The topological polar surface area (TPSA) is 29.0 Å². The van der Waals surface area contributed by atoms with E-state index >= 15 is 0 Å². The minimum absolute atomic E-state index is 0.867. The van der Waals surface area contributed by atoms with Crippen LogP contribution in [0.3, 0.4) is 0 Å². The number of piperidine rings is 1. The first-order valence-corrected chi connectivity index (χ1v) is 10.9. The van der Waals surface area contributed by atoms with Crippen molar-refractivity contribution in [2.24, 2.45) is 5.92 Å². The fourth-order valence-corrected chi connectivity index (χ4v) is 4.25. The summed E-state index contributed by atoms with van der Waals surface area (Å²) in [5.74, 6) is 0.867. The van der Waals surface area contributed by atoms with Gasteiger partial charge in [-0.05, 0) is 49.5 Å². The number of hydrogen-bond acceptors (Lipinski definition) is 3. The predicted octanol–water partition coefficient (Wildman–Crippen LogP) is 6.20. The first-order valence-electron chi connectivity index (χ1n) is 10.9. The van der Waals surface area contributed by atoms with Crippen molar-refractivity contribution in [2.45, 2.75) is 26.3 Å². The van der Waals surface area contributed by atoms with Gasteiger partial charge in [-0.2, -0.15) is 0 Å². The Morgan fingerprint density at radius 2 is 1.23 bits per heavy atom. The van der Waals surface area contributed by atoms with Crippen LogP contribution in [0, 0.1) is 5.92 Å². The highest BCUT2D eigenvalue weighted by atomic mass is 15.1. The maximum absolute atomic E-state index is 5.00. The Bertz CT molecular complexity index is 1130. The molecule has 0 bridgehead atoms. The molecular formula is C27H27N3. The van der Waals surface area contributed by atoms with Gasteiger partial charge in [0, 0.05) is 17.7 Å². The molecule has 0 spiro atoms. The Morgan fingerprint density at radius 1 is 0.700 bits per heavy atom. The molecule has 2 heterocycles. The summed E-state index contributed by atoms with van der Waals surface area (Å²) in [4.78, 5) is 12.5. The van der Waals surface area contributed by atoms with Crippen LogP contribution in [-0.2, 0) is 6.54 Å². The minimum atomic E-state index is 0.867. The zero-order valence-corrected chi connectivity index (χ0v) is 17.5. The van der Waals surface area contributed by atoms with Gasteiger partial charge in [0.2, 0.25) is 0 Å². The van der Waals surface area contributed by atoms with Crippen molar-refractivity contribution in [3.63, 3.8) is 0 Å². The summed E-state index contributed by atoms with van der Waals surface area (Å²) < 4.78 is 0. The fourth-order valence-electron chi connectivity index (χ4n) is 4.25. The second-order valence-electron chi connectivity index (χ2n) is 8.43. The van der Waals surface area contributed by atoms with Gasteiger partial charge in [-0.1, -0.05) is 73.7 Å². The molecule has 0 radical (unpaired) electrons. The maximum atomic E-state index is 5.00. The predicted molar refractivity (Wildman–Crippen MR) is 124 cm³/mol. The molecule has 3 aromatic carbocycles. The van der Waals surface area contributed by atoms with Gasteiger partial charge in [0.1, 0.15) is 0 Å². The lowest BCUT2D eigenvalue weighted by Gasteiger charge is -2.30. The summed E-state index contributed by atoms with van der Waals surface area (Å²) in [7, 11) is 0. The van der Waals surface area contributed by atoms with E-state index in [9.17, 15) is 0 Å². The lowest BCUT2D eigenvalue weighted by Crippen LogP contribution is -2.32. The first-order chi connectivity index (χ1) is 14.8. The highest BCUT2D eigenvalue weighted by molar-refractivity contribution is 5.86. The van der Waals surface area contributed by atoms with Crippen LogP contribution in [0.1, 0.15) is 25.3 Å². The largest absolute Gasteiger partial charge is 0.299 e.